The number of amides is 2. The van der Waals surface area contributed by atoms with Crippen molar-refractivity contribution in [3.8, 4) is 0 Å². The molecule has 0 aromatic heterocycles. The van der Waals surface area contributed by atoms with Gasteiger partial charge < -0.3 is 10.2 Å². The number of hydrogen-bond acceptors (Lipinski definition) is 3. The summed E-state index contributed by atoms with van der Waals surface area (Å²) in [7, 11) is 0. The van der Waals surface area contributed by atoms with Crippen LogP contribution in [0.2, 0.25) is 0 Å². The monoisotopic (exact) mass is 371 g/mol. The lowest BCUT2D eigenvalue weighted by Gasteiger charge is -2.34. The molecule has 2 aliphatic rings. The second kappa shape index (κ2) is 9.88. The molecule has 0 unspecified atom stereocenters. The van der Waals surface area contributed by atoms with Gasteiger partial charge in [0, 0.05) is 39.1 Å². The van der Waals surface area contributed by atoms with Crippen molar-refractivity contribution in [3.05, 3.63) is 35.9 Å². The Labute approximate surface area is 163 Å². The standard InChI is InChI=1S/C22H33N3O2/c1-2-21(26)25-13-7-11-20(17-25)22(27)23-14-19-10-6-12-24(16-19)15-18-8-4-3-5-9-18/h3-5,8-9,19-20H,2,6-7,10-17H2,1H3,(H,23,27)/t19-,20-/m1/s1. The summed E-state index contributed by atoms with van der Waals surface area (Å²) >= 11 is 0. The number of nitrogens with one attached hydrogen (secondary N) is 1. The molecule has 3 rings (SSSR count). The van der Waals surface area contributed by atoms with E-state index in [2.05, 4.69) is 40.5 Å². The second-order valence-electron chi connectivity index (χ2n) is 8.01. The molecule has 1 N–H and O–H groups in total. The second-order valence-corrected chi connectivity index (χ2v) is 8.01. The van der Waals surface area contributed by atoms with E-state index < -0.39 is 0 Å². The lowest BCUT2D eigenvalue weighted by molar-refractivity contribution is -0.135. The molecule has 0 saturated carbocycles. The molecule has 27 heavy (non-hydrogen) atoms. The summed E-state index contributed by atoms with van der Waals surface area (Å²) < 4.78 is 0. The van der Waals surface area contributed by atoms with Crippen LogP contribution in [0.4, 0.5) is 0 Å². The summed E-state index contributed by atoms with van der Waals surface area (Å²) in [4.78, 5) is 28.9. The summed E-state index contributed by atoms with van der Waals surface area (Å²) in [6, 6.07) is 10.6. The van der Waals surface area contributed by atoms with Crippen LogP contribution in [0.3, 0.4) is 0 Å². The van der Waals surface area contributed by atoms with Gasteiger partial charge in [-0.1, -0.05) is 37.3 Å². The highest BCUT2D eigenvalue weighted by molar-refractivity contribution is 5.81. The first-order valence-corrected chi connectivity index (χ1v) is 10.5. The first-order valence-electron chi connectivity index (χ1n) is 10.5. The maximum atomic E-state index is 12.6. The van der Waals surface area contributed by atoms with Crippen molar-refractivity contribution in [2.45, 2.75) is 45.6 Å². The SMILES string of the molecule is CCC(=O)N1CCC[C@@H](C(=O)NC[C@H]2CCCN(Cc3ccccc3)C2)C1. The maximum Gasteiger partial charge on any atom is 0.224 e. The van der Waals surface area contributed by atoms with Crippen LogP contribution in [0.5, 0.6) is 0 Å². The van der Waals surface area contributed by atoms with Crippen LogP contribution >= 0.6 is 0 Å². The number of carbonyl (C=O) groups is 2. The van der Waals surface area contributed by atoms with Crippen molar-refractivity contribution in [1.29, 1.82) is 0 Å². The van der Waals surface area contributed by atoms with Crippen molar-refractivity contribution in [2.24, 2.45) is 11.8 Å². The summed E-state index contributed by atoms with van der Waals surface area (Å²) in [5, 5.41) is 3.18. The summed E-state index contributed by atoms with van der Waals surface area (Å²) in [6.07, 6.45) is 4.71. The lowest BCUT2D eigenvalue weighted by Crippen LogP contribution is -2.47. The Bertz CT molecular complexity index is 619. The number of carbonyl (C=O) groups excluding carboxylic acids is 2. The highest BCUT2D eigenvalue weighted by Gasteiger charge is 2.28. The minimum absolute atomic E-state index is 0.0433. The molecule has 0 radical (unpaired) electrons. The van der Waals surface area contributed by atoms with Gasteiger partial charge in [0.1, 0.15) is 0 Å². The molecular formula is C22H33N3O2. The third-order valence-corrected chi connectivity index (χ3v) is 5.86. The van der Waals surface area contributed by atoms with Gasteiger partial charge >= 0.3 is 0 Å². The van der Waals surface area contributed by atoms with E-state index in [1.54, 1.807) is 0 Å². The molecule has 2 fully saturated rings. The van der Waals surface area contributed by atoms with Crippen LogP contribution in [0.1, 0.15) is 44.6 Å². The molecule has 148 valence electrons. The van der Waals surface area contributed by atoms with E-state index in [9.17, 15) is 9.59 Å². The third-order valence-electron chi connectivity index (χ3n) is 5.86. The first kappa shape index (κ1) is 19.9. The van der Waals surface area contributed by atoms with Crippen LogP contribution in [0, 0.1) is 11.8 Å². The number of nitrogens with zero attached hydrogens (tertiary/aromatic N) is 2. The highest BCUT2D eigenvalue weighted by Crippen LogP contribution is 2.20. The topological polar surface area (TPSA) is 52.7 Å². The van der Waals surface area contributed by atoms with E-state index in [1.165, 1.54) is 18.4 Å². The summed E-state index contributed by atoms with van der Waals surface area (Å²) in [5.41, 5.74) is 1.35. The van der Waals surface area contributed by atoms with Crippen LogP contribution < -0.4 is 5.32 Å². The number of piperidine rings is 2. The Morgan fingerprint density at radius 1 is 1.07 bits per heavy atom. The molecule has 0 spiro atoms. The largest absolute Gasteiger partial charge is 0.355 e. The predicted octanol–water partition coefficient (Wildman–Crippen LogP) is 2.66. The number of hydrogen-bond donors (Lipinski definition) is 1. The van der Waals surface area contributed by atoms with Gasteiger partial charge in [0.2, 0.25) is 11.8 Å². The smallest absolute Gasteiger partial charge is 0.224 e. The Kier molecular flexibility index (Phi) is 7.27. The average Bonchev–Trinajstić information content (AvgIpc) is 2.72. The van der Waals surface area contributed by atoms with E-state index in [1.807, 2.05) is 11.8 Å². The Balaban J connectivity index is 1.43. The molecule has 2 amide bonds. The first-order chi connectivity index (χ1) is 13.2. The normalized spacial score (nSPS) is 23.8. The van der Waals surface area contributed by atoms with E-state index >= 15 is 0 Å². The quantitative estimate of drug-likeness (QED) is 0.836. The Hall–Kier alpha value is -1.88. The van der Waals surface area contributed by atoms with E-state index in [0.717, 1.165) is 45.6 Å². The zero-order valence-electron chi connectivity index (χ0n) is 16.5. The van der Waals surface area contributed by atoms with Crippen LogP contribution in [-0.4, -0.2) is 54.3 Å². The molecule has 0 aliphatic carbocycles. The fourth-order valence-electron chi connectivity index (χ4n) is 4.33. The lowest BCUT2D eigenvalue weighted by atomic mass is 9.95. The van der Waals surface area contributed by atoms with Crippen molar-refractivity contribution in [2.75, 3.05) is 32.7 Å². The van der Waals surface area contributed by atoms with E-state index in [0.29, 0.717) is 18.9 Å². The fraction of sp³-hybridized carbons (Fsp3) is 0.636. The van der Waals surface area contributed by atoms with Gasteiger partial charge in [0.05, 0.1) is 5.92 Å². The molecule has 2 heterocycles. The number of rotatable bonds is 6. The zero-order valence-corrected chi connectivity index (χ0v) is 16.5. The van der Waals surface area contributed by atoms with Gasteiger partial charge in [-0.05, 0) is 43.7 Å². The van der Waals surface area contributed by atoms with Crippen molar-refractivity contribution in [1.82, 2.24) is 15.1 Å². The zero-order chi connectivity index (χ0) is 19.1. The molecule has 0 bridgehead atoms. The maximum absolute atomic E-state index is 12.6. The van der Waals surface area contributed by atoms with Gasteiger partial charge in [-0.3, -0.25) is 14.5 Å². The van der Waals surface area contributed by atoms with Gasteiger partial charge in [0.25, 0.3) is 0 Å². The molecule has 5 heteroatoms. The third kappa shape index (κ3) is 5.80. The minimum Gasteiger partial charge on any atom is -0.355 e. The summed E-state index contributed by atoms with van der Waals surface area (Å²) in [6.45, 7) is 7.19. The molecule has 5 nitrogen and oxygen atoms in total. The van der Waals surface area contributed by atoms with Gasteiger partial charge in [-0.2, -0.15) is 0 Å². The molecule has 1 aromatic carbocycles. The average molecular weight is 372 g/mol. The Morgan fingerprint density at radius 3 is 2.63 bits per heavy atom. The fourth-order valence-corrected chi connectivity index (χ4v) is 4.33. The molecule has 1 aromatic rings. The minimum atomic E-state index is -0.0433. The van der Waals surface area contributed by atoms with Crippen LogP contribution in [0.25, 0.3) is 0 Å². The molecule has 2 atom stereocenters. The van der Waals surface area contributed by atoms with E-state index in [4.69, 9.17) is 0 Å². The van der Waals surface area contributed by atoms with Crippen molar-refractivity contribution < 1.29 is 9.59 Å². The number of benzene rings is 1. The number of likely N-dealkylation sites (tertiary alicyclic amines) is 2. The van der Waals surface area contributed by atoms with Crippen LogP contribution in [0.15, 0.2) is 30.3 Å². The van der Waals surface area contributed by atoms with Crippen molar-refractivity contribution in [3.63, 3.8) is 0 Å². The Morgan fingerprint density at radius 2 is 1.85 bits per heavy atom. The van der Waals surface area contributed by atoms with Crippen LogP contribution in [-0.2, 0) is 16.1 Å². The molecule has 2 saturated heterocycles. The van der Waals surface area contributed by atoms with Crippen molar-refractivity contribution >= 4 is 11.8 Å². The van der Waals surface area contributed by atoms with Gasteiger partial charge in [-0.15, -0.1) is 0 Å². The molecule has 2 aliphatic heterocycles. The molecular weight excluding hydrogens is 338 g/mol. The van der Waals surface area contributed by atoms with Gasteiger partial charge in [-0.25, -0.2) is 0 Å². The summed E-state index contributed by atoms with van der Waals surface area (Å²) in [5.74, 6) is 0.766. The van der Waals surface area contributed by atoms with Gasteiger partial charge in [0.15, 0.2) is 0 Å². The predicted molar refractivity (Wildman–Crippen MR) is 107 cm³/mol. The highest BCUT2D eigenvalue weighted by atomic mass is 16.2. The van der Waals surface area contributed by atoms with E-state index in [-0.39, 0.29) is 17.7 Å².